The smallest absolute Gasteiger partial charge is 0.265 e. The van der Waals surface area contributed by atoms with Crippen molar-refractivity contribution in [3.05, 3.63) is 45.6 Å². The molecule has 0 unspecified atom stereocenters. The SMILES string of the molecule is Cc1cc(C(=O)Nc2ccc(N(C)CCO)cc2)sc1C. The maximum atomic E-state index is 12.2. The maximum Gasteiger partial charge on any atom is 0.265 e. The van der Waals surface area contributed by atoms with E-state index in [9.17, 15) is 4.79 Å². The second-order valence-electron chi connectivity index (χ2n) is 5.00. The number of carbonyl (C=O) groups is 1. The predicted octanol–water partition coefficient (Wildman–Crippen LogP) is 3.05. The van der Waals surface area contributed by atoms with Gasteiger partial charge >= 0.3 is 0 Å². The molecule has 0 saturated carbocycles. The molecule has 2 rings (SSSR count). The molecule has 2 N–H and O–H groups in total. The molecule has 0 spiro atoms. The molecule has 1 aromatic carbocycles. The van der Waals surface area contributed by atoms with E-state index in [-0.39, 0.29) is 12.5 Å². The van der Waals surface area contributed by atoms with Gasteiger partial charge in [-0.2, -0.15) is 0 Å². The van der Waals surface area contributed by atoms with Gasteiger partial charge in [-0.05, 0) is 49.7 Å². The molecule has 0 aliphatic rings. The van der Waals surface area contributed by atoms with Gasteiger partial charge in [-0.1, -0.05) is 0 Å². The molecule has 2 aromatic rings. The molecule has 112 valence electrons. The minimum absolute atomic E-state index is 0.0762. The highest BCUT2D eigenvalue weighted by molar-refractivity contribution is 7.14. The largest absolute Gasteiger partial charge is 0.395 e. The summed E-state index contributed by atoms with van der Waals surface area (Å²) in [6.07, 6.45) is 0. The van der Waals surface area contributed by atoms with E-state index in [1.807, 2.05) is 56.1 Å². The summed E-state index contributed by atoms with van der Waals surface area (Å²) < 4.78 is 0. The predicted molar refractivity (Wildman–Crippen MR) is 88.5 cm³/mol. The molecule has 4 nitrogen and oxygen atoms in total. The topological polar surface area (TPSA) is 52.6 Å². The van der Waals surface area contributed by atoms with E-state index >= 15 is 0 Å². The third-order valence-electron chi connectivity index (χ3n) is 3.39. The fourth-order valence-electron chi connectivity index (χ4n) is 1.96. The maximum absolute atomic E-state index is 12.2. The van der Waals surface area contributed by atoms with Gasteiger partial charge < -0.3 is 15.3 Å². The van der Waals surface area contributed by atoms with Crippen molar-refractivity contribution in [2.45, 2.75) is 13.8 Å². The summed E-state index contributed by atoms with van der Waals surface area (Å²) in [5.74, 6) is -0.0762. The van der Waals surface area contributed by atoms with E-state index < -0.39 is 0 Å². The number of aliphatic hydroxyl groups excluding tert-OH is 1. The van der Waals surface area contributed by atoms with Gasteiger partial charge in [0.05, 0.1) is 11.5 Å². The molecule has 0 aliphatic carbocycles. The highest BCUT2D eigenvalue weighted by Crippen LogP contribution is 2.22. The number of hydrogen-bond donors (Lipinski definition) is 2. The molecule has 21 heavy (non-hydrogen) atoms. The van der Waals surface area contributed by atoms with Crippen molar-refractivity contribution in [3.8, 4) is 0 Å². The molecular formula is C16H20N2O2S. The van der Waals surface area contributed by atoms with E-state index in [2.05, 4.69) is 5.32 Å². The highest BCUT2D eigenvalue weighted by Gasteiger charge is 2.10. The van der Waals surface area contributed by atoms with E-state index in [1.54, 1.807) is 0 Å². The monoisotopic (exact) mass is 304 g/mol. The van der Waals surface area contributed by atoms with Crippen LogP contribution in [0.3, 0.4) is 0 Å². The first-order valence-electron chi connectivity index (χ1n) is 6.81. The number of anilines is 2. The van der Waals surface area contributed by atoms with Gasteiger partial charge in [-0.3, -0.25) is 4.79 Å². The van der Waals surface area contributed by atoms with Crippen LogP contribution < -0.4 is 10.2 Å². The van der Waals surface area contributed by atoms with Crippen LogP contribution in [0.1, 0.15) is 20.1 Å². The van der Waals surface area contributed by atoms with Crippen LogP contribution in [-0.2, 0) is 0 Å². The number of carbonyl (C=O) groups excluding carboxylic acids is 1. The zero-order valence-corrected chi connectivity index (χ0v) is 13.3. The number of likely N-dealkylation sites (N-methyl/N-ethyl adjacent to an activating group) is 1. The summed E-state index contributed by atoms with van der Waals surface area (Å²) in [4.78, 5) is 16.0. The number of hydrogen-bond acceptors (Lipinski definition) is 4. The van der Waals surface area contributed by atoms with Crippen LogP contribution in [0.25, 0.3) is 0 Å². The Morgan fingerprint density at radius 1 is 1.29 bits per heavy atom. The zero-order valence-electron chi connectivity index (χ0n) is 12.5. The van der Waals surface area contributed by atoms with Gasteiger partial charge in [-0.25, -0.2) is 0 Å². The zero-order chi connectivity index (χ0) is 15.4. The number of amides is 1. The Morgan fingerprint density at radius 3 is 2.48 bits per heavy atom. The van der Waals surface area contributed by atoms with E-state index in [1.165, 1.54) is 16.2 Å². The van der Waals surface area contributed by atoms with Crippen molar-refractivity contribution in [3.63, 3.8) is 0 Å². The average molecular weight is 304 g/mol. The molecule has 1 amide bonds. The quantitative estimate of drug-likeness (QED) is 0.892. The highest BCUT2D eigenvalue weighted by atomic mass is 32.1. The molecule has 0 fully saturated rings. The number of nitrogens with one attached hydrogen (secondary N) is 1. The number of thiophene rings is 1. The first-order valence-corrected chi connectivity index (χ1v) is 7.63. The minimum Gasteiger partial charge on any atom is -0.395 e. The van der Waals surface area contributed by atoms with E-state index in [0.29, 0.717) is 6.54 Å². The molecule has 1 aromatic heterocycles. The summed E-state index contributed by atoms with van der Waals surface area (Å²) in [5.41, 5.74) is 2.92. The molecular weight excluding hydrogens is 284 g/mol. The van der Waals surface area contributed by atoms with Gasteiger partial charge in [0.1, 0.15) is 0 Å². The van der Waals surface area contributed by atoms with E-state index in [4.69, 9.17) is 5.11 Å². The lowest BCUT2D eigenvalue weighted by molar-refractivity contribution is 0.103. The van der Waals surface area contributed by atoms with Crippen LogP contribution >= 0.6 is 11.3 Å². The van der Waals surface area contributed by atoms with Crippen LogP contribution in [0, 0.1) is 13.8 Å². The van der Waals surface area contributed by atoms with Gasteiger partial charge in [0, 0.05) is 29.8 Å². The fraction of sp³-hybridized carbons (Fsp3) is 0.312. The van der Waals surface area contributed by atoms with Crippen molar-refractivity contribution < 1.29 is 9.90 Å². The summed E-state index contributed by atoms with van der Waals surface area (Å²) in [7, 11) is 1.92. The Morgan fingerprint density at radius 2 is 1.95 bits per heavy atom. The summed E-state index contributed by atoms with van der Waals surface area (Å²) in [5, 5.41) is 11.8. The number of rotatable bonds is 5. The molecule has 0 bridgehead atoms. The lowest BCUT2D eigenvalue weighted by Crippen LogP contribution is -2.21. The third-order valence-corrected chi connectivity index (χ3v) is 4.54. The normalized spacial score (nSPS) is 10.5. The van der Waals surface area contributed by atoms with Crippen LogP contribution in [0.4, 0.5) is 11.4 Å². The van der Waals surface area contributed by atoms with Gasteiger partial charge in [0.15, 0.2) is 0 Å². The average Bonchev–Trinajstić information content (AvgIpc) is 2.80. The van der Waals surface area contributed by atoms with Gasteiger partial charge in [0.25, 0.3) is 5.91 Å². The first-order chi connectivity index (χ1) is 10.0. The number of aryl methyl sites for hydroxylation is 2. The Labute approximate surface area is 129 Å². The number of nitrogens with zero attached hydrogens (tertiary/aromatic N) is 1. The van der Waals surface area contributed by atoms with Gasteiger partial charge in [0.2, 0.25) is 0 Å². The molecule has 0 aliphatic heterocycles. The van der Waals surface area contributed by atoms with Crippen molar-refractivity contribution >= 4 is 28.6 Å². The molecule has 0 atom stereocenters. The Hall–Kier alpha value is -1.85. The first kappa shape index (κ1) is 15.5. The number of aliphatic hydroxyl groups is 1. The Balaban J connectivity index is 2.04. The second-order valence-corrected chi connectivity index (χ2v) is 6.25. The Kier molecular flexibility index (Phi) is 4.98. The lowest BCUT2D eigenvalue weighted by atomic mass is 10.2. The van der Waals surface area contributed by atoms with Crippen molar-refractivity contribution in [1.29, 1.82) is 0 Å². The standard InChI is InChI=1S/C16H20N2O2S/c1-11-10-15(21-12(11)2)16(20)17-13-4-6-14(7-5-13)18(3)8-9-19/h4-7,10,19H,8-9H2,1-3H3,(H,17,20). The summed E-state index contributed by atoms with van der Waals surface area (Å²) in [6.45, 7) is 4.72. The number of benzene rings is 1. The fourth-order valence-corrected chi connectivity index (χ4v) is 2.89. The van der Waals surface area contributed by atoms with Crippen molar-refractivity contribution in [1.82, 2.24) is 0 Å². The minimum atomic E-state index is -0.0762. The van der Waals surface area contributed by atoms with Crippen LogP contribution in [0.2, 0.25) is 0 Å². The van der Waals surface area contributed by atoms with E-state index in [0.717, 1.165) is 21.8 Å². The van der Waals surface area contributed by atoms with Crippen LogP contribution in [0.15, 0.2) is 30.3 Å². The molecule has 1 heterocycles. The second kappa shape index (κ2) is 6.74. The van der Waals surface area contributed by atoms with Crippen LogP contribution in [-0.4, -0.2) is 31.2 Å². The van der Waals surface area contributed by atoms with Crippen LogP contribution in [0.5, 0.6) is 0 Å². The Bertz CT molecular complexity index is 600. The molecule has 0 radical (unpaired) electrons. The molecule has 5 heteroatoms. The van der Waals surface area contributed by atoms with Crippen molar-refractivity contribution in [2.24, 2.45) is 0 Å². The van der Waals surface area contributed by atoms with Gasteiger partial charge in [-0.15, -0.1) is 11.3 Å². The summed E-state index contributed by atoms with van der Waals surface area (Å²) >= 11 is 1.51. The lowest BCUT2D eigenvalue weighted by Gasteiger charge is -2.18. The molecule has 0 saturated heterocycles. The third kappa shape index (κ3) is 3.83. The summed E-state index contributed by atoms with van der Waals surface area (Å²) in [6, 6.07) is 9.51. The van der Waals surface area contributed by atoms with Crippen molar-refractivity contribution in [2.75, 3.05) is 30.4 Å².